The number of hydrogen-bond donors (Lipinski definition) is 1. The van der Waals surface area contributed by atoms with Crippen LogP contribution in [0.25, 0.3) is 22.5 Å². The lowest BCUT2D eigenvalue weighted by atomic mass is 9.97. The fraction of sp³-hybridized carbons (Fsp3) is 0.100. The van der Waals surface area contributed by atoms with Crippen molar-refractivity contribution in [1.29, 1.82) is 5.26 Å². The van der Waals surface area contributed by atoms with E-state index in [1.54, 1.807) is 35.0 Å². The zero-order valence-electron chi connectivity index (χ0n) is 21.0. The standard InChI is InChI=1S/C30H23ClFN7/c1-20(27-16-25(31)11-14-29(27)39-19-35-37-38-39)3-2-4-24(15-21-7-12-26(32)13-8-21)30-34-18-28(36-30)23-9-5-22(17-33)6-10-23/h2-14,16,18-19,24H,15H2,1H3,(H,34,36)/b4-2+,20-3+. The molecule has 0 saturated carbocycles. The first kappa shape index (κ1) is 25.8. The minimum absolute atomic E-state index is 0.106. The third kappa shape index (κ3) is 6.17. The molecular formula is C30H23ClFN7. The first-order valence-corrected chi connectivity index (χ1v) is 12.6. The van der Waals surface area contributed by atoms with E-state index in [2.05, 4.69) is 32.7 Å². The van der Waals surface area contributed by atoms with Gasteiger partial charge in [-0.15, -0.1) is 5.10 Å². The van der Waals surface area contributed by atoms with Gasteiger partial charge in [0.1, 0.15) is 18.0 Å². The number of nitrogens with one attached hydrogen (secondary N) is 1. The van der Waals surface area contributed by atoms with Crippen LogP contribution in [0.2, 0.25) is 5.02 Å². The number of H-pyrrole nitrogens is 1. The van der Waals surface area contributed by atoms with E-state index in [1.807, 2.05) is 49.5 Å². The molecule has 1 unspecified atom stereocenters. The summed E-state index contributed by atoms with van der Waals surface area (Å²) in [5.41, 5.74) is 5.95. The molecule has 0 aliphatic rings. The second-order valence-corrected chi connectivity index (χ2v) is 9.38. The lowest BCUT2D eigenvalue weighted by Crippen LogP contribution is -2.03. The maximum Gasteiger partial charge on any atom is 0.143 e. The number of aromatic amines is 1. The lowest BCUT2D eigenvalue weighted by Gasteiger charge is -2.11. The molecular weight excluding hydrogens is 513 g/mol. The Balaban J connectivity index is 1.45. The summed E-state index contributed by atoms with van der Waals surface area (Å²) in [7, 11) is 0. The van der Waals surface area contributed by atoms with Gasteiger partial charge in [-0.25, -0.2) is 9.37 Å². The molecule has 0 bridgehead atoms. The van der Waals surface area contributed by atoms with Crippen molar-refractivity contribution in [2.45, 2.75) is 19.3 Å². The largest absolute Gasteiger partial charge is 0.347 e. The molecule has 5 rings (SSSR count). The second-order valence-electron chi connectivity index (χ2n) is 8.95. The predicted molar refractivity (Wildman–Crippen MR) is 149 cm³/mol. The summed E-state index contributed by atoms with van der Waals surface area (Å²) >= 11 is 6.30. The van der Waals surface area contributed by atoms with Gasteiger partial charge >= 0.3 is 0 Å². The van der Waals surface area contributed by atoms with E-state index in [4.69, 9.17) is 21.8 Å². The highest BCUT2D eigenvalue weighted by Crippen LogP contribution is 2.27. The van der Waals surface area contributed by atoms with Crippen molar-refractivity contribution in [3.8, 4) is 23.0 Å². The van der Waals surface area contributed by atoms with Crippen LogP contribution >= 0.6 is 11.6 Å². The van der Waals surface area contributed by atoms with E-state index in [0.717, 1.165) is 39.5 Å². The Kier molecular flexibility index (Phi) is 7.71. The number of allylic oxidation sites excluding steroid dienone is 4. The van der Waals surface area contributed by atoms with Gasteiger partial charge in [0.25, 0.3) is 0 Å². The summed E-state index contributed by atoms with van der Waals surface area (Å²) < 4.78 is 15.1. The molecule has 0 aliphatic heterocycles. The first-order valence-electron chi connectivity index (χ1n) is 12.2. The van der Waals surface area contributed by atoms with Gasteiger partial charge in [0.2, 0.25) is 0 Å². The Morgan fingerprint density at radius 1 is 1.13 bits per heavy atom. The Morgan fingerprint density at radius 2 is 1.92 bits per heavy atom. The Hall–Kier alpha value is -4.87. The number of rotatable bonds is 8. The van der Waals surface area contributed by atoms with Gasteiger partial charge in [0, 0.05) is 28.3 Å². The van der Waals surface area contributed by atoms with Crippen LogP contribution in [-0.2, 0) is 6.42 Å². The lowest BCUT2D eigenvalue weighted by molar-refractivity contribution is 0.626. The highest BCUT2D eigenvalue weighted by molar-refractivity contribution is 6.30. The molecule has 0 spiro atoms. The first-order chi connectivity index (χ1) is 19.0. The van der Waals surface area contributed by atoms with Crippen molar-refractivity contribution >= 4 is 17.2 Å². The van der Waals surface area contributed by atoms with Gasteiger partial charge in [-0.2, -0.15) is 9.94 Å². The number of nitriles is 1. The minimum Gasteiger partial charge on any atom is -0.347 e. The average Bonchev–Trinajstić information content (AvgIpc) is 3.67. The van der Waals surface area contributed by atoms with Gasteiger partial charge in [-0.05, 0) is 77.4 Å². The van der Waals surface area contributed by atoms with Gasteiger partial charge in [0.05, 0.1) is 23.0 Å². The summed E-state index contributed by atoms with van der Waals surface area (Å²) in [6, 6.07) is 21.5. The molecule has 1 atom stereocenters. The number of hydrogen-bond acceptors (Lipinski definition) is 5. The van der Waals surface area contributed by atoms with E-state index in [9.17, 15) is 4.39 Å². The molecule has 0 fully saturated rings. The van der Waals surface area contributed by atoms with Crippen molar-refractivity contribution < 1.29 is 4.39 Å². The smallest absolute Gasteiger partial charge is 0.143 e. The highest BCUT2D eigenvalue weighted by atomic mass is 35.5. The van der Waals surface area contributed by atoms with Gasteiger partial charge in [-0.3, -0.25) is 0 Å². The van der Waals surface area contributed by atoms with Gasteiger partial charge in [0.15, 0.2) is 0 Å². The third-order valence-electron chi connectivity index (χ3n) is 6.30. The van der Waals surface area contributed by atoms with Crippen molar-refractivity contribution in [1.82, 2.24) is 30.2 Å². The molecule has 7 nitrogen and oxygen atoms in total. The summed E-state index contributed by atoms with van der Waals surface area (Å²) in [5, 5.41) is 21.2. The fourth-order valence-electron chi connectivity index (χ4n) is 4.24. The van der Waals surface area contributed by atoms with Crippen LogP contribution in [0.1, 0.15) is 35.4 Å². The molecule has 9 heteroatoms. The maximum absolute atomic E-state index is 13.5. The molecule has 5 aromatic rings. The summed E-state index contributed by atoms with van der Waals surface area (Å²) in [5.74, 6) is 0.397. The third-order valence-corrected chi connectivity index (χ3v) is 6.53. The number of benzene rings is 3. The van der Waals surface area contributed by atoms with Crippen LogP contribution in [-0.4, -0.2) is 30.2 Å². The normalized spacial score (nSPS) is 12.5. The van der Waals surface area contributed by atoms with Crippen LogP contribution in [0.15, 0.2) is 97.5 Å². The molecule has 39 heavy (non-hydrogen) atoms. The topological polar surface area (TPSA) is 96.1 Å². The van der Waals surface area contributed by atoms with Crippen LogP contribution in [0.3, 0.4) is 0 Å². The summed E-state index contributed by atoms with van der Waals surface area (Å²) in [6.07, 6.45) is 10.1. The number of halogens is 2. The zero-order chi connectivity index (χ0) is 27.2. The molecule has 0 aliphatic carbocycles. The molecule has 2 heterocycles. The molecule has 3 aromatic carbocycles. The fourth-order valence-corrected chi connectivity index (χ4v) is 4.41. The number of imidazole rings is 1. The number of nitrogens with zero attached hydrogens (tertiary/aromatic N) is 6. The molecule has 192 valence electrons. The minimum atomic E-state index is -0.273. The van der Waals surface area contributed by atoms with E-state index >= 15 is 0 Å². The zero-order valence-corrected chi connectivity index (χ0v) is 21.7. The van der Waals surface area contributed by atoms with E-state index in [0.29, 0.717) is 17.0 Å². The van der Waals surface area contributed by atoms with Crippen molar-refractivity contribution in [3.63, 3.8) is 0 Å². The molecule has 1 N–H and O–H groups in total. The van der Waals surface area contributed by atoms with Gasteiger partial charge in [-0.1, -0.05) is 54.1 Å². The highest BCUT2D eigenvalue weighted by Gasteiger charge is 2.15. The van der Waals surface area contributed by atoms with Crippen LogP contribution in [0, 0.1) is 17.1 Å². The Morgan fingerprint density at radius 3 is 2.64 bits per heavy atom. The van der Waals surface area contributed by atoms with Gasteiger partial charge < -0.3 is 4.98 Å². The monoisotopic (exact) mass is 535 g/mol. The molecule has 0 amide bonds. The van der Waals surface area contributed by atoms with E-state index in [-0.39, 0.29) is 11.7 Å². The van der Waals surface area contributed by atoms with E-state index < -0.39 is 0 Å². The quantitative estimate of drug-likeness (QED) is 0.223. The summed E-state index contributed by atoms with van der Waals surface area (Å²) in [6.45, 7) is 1.99. The number of aromatic nitrogens is 6. The Bertz CT molecular complexity index is 1660. The van der Waals surface area contributed by atoms with E-state index in [1.165, 1.54) is 18.5 Å². The summed E-state index contributed by atoms with van der Waals surface area (Å²) in [4.78, 5) is 8.14. The Labute approximate surface area is 229 Å². The average molecular weight is 536 g/mol. The van der Waals surface area contributed by atoms with Crippen LogP contribution < -0.4 is 0 Å². The van der Waals surface area contributed by atoms with Crippen molar-refractivity contribution in [2.75, 3.05) is 0 Å². The SMILES string of the molecule is C/C(=C\C=C\C(Cc1ccc(F)cc1)c1nc(-c2ccc(C#N)cc2)c[nH]1)c1cc(Cl)ccc1-n1cnnn1. The molecule has 2 aromatic heterocycles. The van der Waals surface area contributed by atoms with Crippen molar-refractivity contribution in [3.05, 3.63) is 131 Å². The molecule has 0 radical (unpaired) electrons. The number of tetrazole rings is 1. The van der Waals surface area contributed by atoms with Crippen LogP contribution in [0.5, 0.6) is 0 Å². The predicted octanol–water partition coefficient (Wildman–Crippen LogP) is 6.70. The molecule has 0 saturated heterocycles. The van der Waals surface area contributed by atoms with Crippen molar-refractivity contribution in [2.24, 2.45) is 0 Å². The second kappa shape index (κ2) is 11.7. The van der Waals surface area contributed by atoms with Crippen LogP contribution in [0.4, 0.5) is 4.39 Å². The maximum atomic E-state index is 13.5.